The highest BCUT2D eigenvalue weighted by atomic mass is 35.5. The Morgan fingerprint density at radius 1 is 1.41 bits per heavy atom. The Bertz CT molecular complexity index is 676. The lowest BCUT2D eigenvalue weighted by atomic mass is 10.2. The Labute approximate surface area is 103 Å². The molecule has 0 bridgehead atoms. The molecule has 0 unspecified atom stereocenters. The lowest BCUT2D eigenvalue weighted by molar-refractivity contribution is 0.774. The van der Waals surface area contributed by atoms with Crippen LogP contribution in [0.5, 0.6) is 0 Å². The number of fused-ring (bicyclic) bond motifs is 1. The molecule has 0 saturated carbocycles. The molecular weight excluding hydrogens is 236 g/mol. The maximum absolute atomic E-state index is 6.13. The van der Waals surface area contributed by atoms with E-state index in [1.54, 1.807) is 10.9 Å². The van der Waals surface area contributed by atoms with Crippen LogP contribution in [0.4, 0.5) is 5.69 Å². The second-order valence-electron chi connectivity index (χ2n) is 3.96. The summed E-state index contributed by atoms with van der Waals surface area (Å²) in [4.78, 5) is 3.28. The number of hydrogen-bond acceptors (Lipinski definition) is 2. The van der Waals surface area contributed by atoms with E-state index in [-0.39, 0.29) is 0 Å². The van der Waals surface area contributed by atoms with Gasteiger partial charge in [-0.2, -0.15) is 5.10 Å². The third kappa shape index (κ3) is 1.49. The van der Waals surface area contributed by atoms with E-state index in [1.165, 1.54) is 0 Å². The average molecular weight is 247 g/mol. The second kappa shape index (κ2) is 3.53. The predicted molar refractivity (Wildman–Crippen MR) is 69.9 cm³/mol. The van der Waals surface area contributed by atoms with Gasteiger partial charge in [-0.05, 0) is 12.1 Å². The largest absolute Gasteiger partial charge is 0.396 e. The van der Waals surface area contributed by atoms with Crippen LogP contribution in [0.25, 0.3) is 22.3 Å². The van der Waals surface area contributed by atoms with E-state index in [0.29, 0.717) is 10.7 Å². The summed E-state index contributed by atoms with van der Waals surface area (Å²) in [6, 6.07) is 7.81. The molecule has 0 spiro atoms. The van der Waals surface area contributed by atoms with Gasteiger partial charge in [0.25, 0.3) is 0 Å². The van der Waals surface area contributed by atoms with Gasteiger partial charge in [-0.25, -0.2) is 0 Å². The van der Waals surface area contributed by atoms with E-state index in [0.717, 1.165) is 22.3 Å². The predicted octanol–water partition coefficient (Wildman–Crippen LogP) is 2.80. The minimum absolute atomic E-state index is 0.648. The molecule has 3 N–H and O–H groups in total. The first-order valence-electron chi connectivity index (χ1n) is 5.22. The molecule has 17 heavy (non-hydrogen) atoms. The van der Waals surface area contributed by atoms with Gasteiger partial charge < -0.3 is 10.7 Å². The number of nitrogens with two attached hydrogens (primary N) is 1. The molecule has 1 aromatic carbocycles. The quantitative estimate of drug-likeness (QED) is 0.694. The first-order chi connectivity index (χ1) is 8.16. The fourth-order valence-electron chi connectivity index (χ4n) is 2.03. The number of H-pyrrole nitrogens is 1. The highest BCUT2D eigenvalue weighted by Gasteiger charge is 2.12. The number of rotatable bonds is 1. The number of benzene rings is 1. The number of aromatic nitrogens is 3. The minimum Gasteiger partial charge on any atom is -0.396 e. The van der Waals surface area contributed by atoms with Crippen molar-refractivity contribution in [1.82, 2.24) is 14.8 Å². The molecule has 2 aromatic heterocycles. The smallest absolute Gasteiger partial charge is 0.107 e. The van der Waals surface area contributed by atoms with Gasteiger partial charge in [-0.15, -0.1) is 0 Å². The Kier molecular flexibility index (Phi) is 2.12. The Morgan fingerprint density at radius 3 is 2.88 bits per heavy atom. The number of halogens is 1. The lowest BCUT2D eigenvalue weighted by Gasteiger charge is -1.99. The van der Waals surface area contributed by atoms with Crippen LogP contribution in [0.1, 0.15) is 0 Å². The lowest BCUT2D eigenvalue weighted by Crippen LogP contribution is -1.95. The molecule has 0 saturated heterocycles. The molecule has 0 atom stereocenters. The molecule has 4 nitrogen and oxygen atoms in total. The summed E-state index contributed by atoms with van der Waals surface area (Å²) in [7, 11) is 1.86. The number of anilines is 1. The highest BCUT2D eigenvalue weighted by molar-refractivity contribution is 6.35. The van der Waals surface area contributed by atoms with Crippen molar-refractivity contribution >= 4 is 28.2 Å². The normalized spacial score (nSPS) is 11.2. The standard InChI is InChI=1S/C12H11ClN4/c1-17-12(9(14)6-15-17)10-5-7-3-2-4-8(13)11(7)16-10/h2-6,16H,14H2,1H3. The van der Waals surface area contributed by atoms with Crippen molar-refractivity contribution < 1.29 is 0 Å². The number of nitrogens with zero attached hydrogens (tertiary/aromatic N) is 2. The summed E-state index contributed by atoms with van der Waals surface area (Å²) >= 11 is 6.13. The van der Waals surface area contributed by atoms with Crippen LogP contribution in [0.2, 0.25) is 5.02 Å². The zero-order valence-corrected chi connectivity index (χ0v) is 9.99. The number of nitrogen functional groups attached to an aromatic ring is 1. The summed E-state index contributed by atoms with van der Waals surface area (Å²) < 4.78 is 1.74. The van der Waals surface area contributed by atoms with Crippen molar-refractivity contribution in [2.75, 3.05) is 5.73 Å². The summed E-state index contributed by atoms with van der Waals surface area (Å²) in [5.74, 6) is 0. The third-order valence-electron chi connectivity index (χ3n) is 2.83. The molecule has 0 aliphatic carbocycles. The van der Waals surface area contributed by atoms with Crippen LogP contribution >= 0.6 is 11.6 Å². The fraction of sp³-hybridized carbons (Fsp3) is 0.0833. The minimum atomic E-state index is 0.648. The van der Waals surface area contributed by atoms with E-state index < -0.39 is 0 Å². The van der Waals surface area contributed by atoms with E-state index >= 15 is 0 Å². The van der Waals surface area contributed by atoms with Crippen molar-refractivity contribution in [2.45, 2.75) is 0 Å². The molecule has 0 amide bonds. The molecule has 5 heteroatoms. The monoisotopic (exact) mass is 246 g/mol. The van der Waals surface area contributed by atoms with Crippen molar-refractivity contribution in [3.63, 3.8) is 0 Å². The third-order valence-corrected chi connectivity index (χ3v) is 3.14. The van der Waals surface area contributed by atoms with Gasteiger partial charge in [-0.1, -0.05) is 23.7 Å². The maximum atomic E-state index is 6.13. The van der Waals surface area contributed by atoms with Crippen molar-refractivity contribution in [3.05, 3.63) is 35.5 Å². The van der Waals surface area contributed by atoms with E-state index in [1.807, 2.05) is 31.3 Å². The van der Waals surface area contributed by atoms with Gasteiger partial charge in [0.05, 0.1) is 28.1 Å². The molecule has 86 valence electrons. The van der Waals surface area contributed by atoms with Crippen LogP contribution < -0.4 is 5.73 Å². The van der Waals surface area contributed by atoms with E-state index in [9.17, 15) is 0 Å². The van der Waals surface area contributed by atoms with Crippen molar-refractivity contribution in [2.24, 2.45) is 7.05 Å². The zero-order chi connectivity index (χ0) is 12.0. The molecular formula is C12H11ClN4. The van der Waals surface area contributed by atoms with Crippen molar-refractivity contribution in [3.8, 4) is 11.4 Å². The summed E-state index contributed by atoms with van der Waals surface area (Å²) in [6.45, 7) is 0. The Hall–Kier alpha value is -1.94. The summed E-state index contributed by atoms with van der Waals surface area (Å²) in [6.07, 6.45) is 1.64. The average Bonchev–Trinajstić information content (AvgIpc) is 2.84. The van der Waals surface area contributed by atoms with Gasteiger partial charge in [0.15, 0.2) is 0 Å². The van der Waals surface area contributed by atoms with Crippen LogP contribution in [0, 0.1) is 0 Å². The molecule has 0 fully saturated rings. The number of aryl methyl sites for hydroxylation is 1. The molecule has 3 aromatic rings. The van der Waals surface area contributed by atoms with Crippen LogP contribution in [0.15, 0.2) is 30.5 Å². The molecule has 3 rings (SSSR count). The summed E-state index contributed by atoms with van der Waals surface area (Å²) in [5, 5.41) is 5.89. The number of nitrogens with one attached hydrogen (secondary N) is 1. The fourth-order valence-corrected chi connectivity index (χ4v) is 2.26. The van der Waals surface area contributed by atoms with Gasteiger partial charge >= 0.3 is 0 Å². The zero-order valence-electron chi connectivity index (χ0n) is 9.24. The van der Waals surface area contributed by atoms with Gasteiger partial charge in [0, 0.05) is 12.4 Å². The van der Waals surface area contributed by atoms with Gasteiger partial charge in [-0.3, -0.25) is 4.68 Å². The first-order valence-corrected chi connectivity index (χ1v) is 5.59. The maximum Gasteiger partial charge on any atom is 0.107 e. The molecule has 0 aliphatic heterocycles. The number of para-hydroxylation sites is 1. The van der Waals surface area contributed by atoms with E-state index in [2.05, 4.69) is 10.1 Å². The van der Waals surface area contributed by atoms with Crippen LogP contribution in [0.3, 0.4) is 0 Å². The first kappa shape index (κ1) is 10.2. The Balaban J connectivity index is 2.29. The van der Waals surface area contributed by atoms with E-state index in [4.69, 9.17) is 17.3 Å². The molecule has 0 aliphatic rings. The topological polar surface area (TPSA) is 59.6 Å². The number of aromatic amines is 1. The summed E-state index contributed by atoms with van der Waals surface area (Å²) in [5.41, 5.74) is 9.26. The van der Waals surface area contributed by atoms with Crippen molar-refractivity contribution in [1.29, 1.82) is 0 Å². The number of hydrogen-bond donors (Lipinski definition) is 2. The van der Waals surface area contributed by atoms with Crippen LogP contribution in [-0.4, -0.2) is 14.8 Å². The highest BCUT2D eigenvalue weighted by Crippen LogP contribution is 2.30. The van der Waals surface area contributed by atoms with Gasteiger partial charge in [0.2, 0.25) is 0 Å². The Morgan fingerprint density at radius 2 is 2.24 bits per heavy atom. The second-order valence-corrected chi connectivity index (χ2v) is 4.37. The molecule has 0 radical (unpaired) electrons. The SMILES string of the molecule is Cn1ncc(N)c1-c1cc2cccc(Cl)c2[nH]1. The van der Waals surface area contributed by atoms with Gasteiger partial charge in [0.1, 0.15) is 5.69 Å². The van der Waals surface area contributed by atoms with Crippen LogP contribution in [-0.2, 0) is 7.05 Å². The molecule has 2 heterocycles.